The van der Waals surface area contributed by atoms with Crippen LogP contribution in [0.3, 0.4) is 0 Å². The van der Waals surface area contributed by atoms with Crippen LogP contribution in [0.25, 0.3) is 0 Å². The standard InChI is InChI=1S/C16H24ClNO2/c1-2-3-4-5-6-7-8-11-20-16-10-9-14(13-18-19)12-15(16)17/h9-10,12-13,19H,2-8,11H2,1H3/b18-13-. The van der Waals surface area contributed by atoms with E-state index in [9.17, 15) is 0 Å². The van der Waals surface area contributed by atoms with Crippen LogP contribution in [0, 0.1) is 0 Å². The summed E-state index contributed by atoms with van der Waals surface area (Å²) in [5.41, 5.74) is 0.751. The highest BCUT2D eigenvalue weighted by Gasteiger charge is 2.02. The van der Waals surface area contributed by atoms with Gasteiger partial charge in [-0.1, -0.05) is 62.2 Å². The number of hydrogen-bond acceptors (Lipinski definition) is 3. The minimum atomic E-state index is 0.547. The van der Waals surface area contributed by atoms with E-state index in [1.807, 2.05) is 6.07 Å². The molecule has 1 N–H and O–H groups in total. The van der Waals surface area contributed by atoms with Gasteiger partial charge >= 0.3 is 0 Å². The van der Waals surface area contributed by atoms with E-state index in [1.54, 1.807) is 12.1 Å². The molecule has 3 nitrogen and oxygen atoms in total. The molecule has 0 amide bonds. The lowest BCUT2D eigenvalue weighted by Gasteiger charge is -2.08. The van der Waals surface area contributed by atoms with Gasteiger partial charge in [0, 0.05) is 0 Å². The molecule has 1 aromatic rings. The first-order valence-corrected chi connectivity index (χ1v) is 7.75. The second kappa shape index (κ2) is 10.6. The molecule has 1 rings (SSSR count). The maximum absolute atomic E-state index is 8.45. The number of hydrogen-bond donors (Lipinski definition) is 1. The fourth-order valence-corrected chi connectivity index (χ4v) is 2.27. The van der Waals surface area contributed by atoms with Crippen LogP contribution < -0.4 is 4.74 Å². The average Bonchev–Trinajstić information content (AvgIpc) is 2.44. The molecule has 0 bridgehead atoms. The fraction of sp³-hybridized carbons (Fsp3) is 0.562. The Balaban J connectivity index is 2.19. The Morgan fingerprint density at radius 2 is 1.85 bits per heavy atom. The number of unbranched alkanes of at least 4 members (excludes halogenated alkanes) is 6. The lowest BCUT2D eigenvalue weighted by molar-refractivity contribution is 0.304. The maximum atomic E-state index is 8.45. The summed E-state index contributed by atoms with van der Waals surface area (Å²) in [5, 5.41) is 12.0. The fourth-order valence-electron chi connectivity index (χ4n) is 2.02. The van der Waals surface area contributed by atoms with Crippen LogP contribution in [0.5, 0.6) is 5.75 Å². The van der Waals surface area contributed by atoms with E-state index in [1.165, 1.54) is 44.7 Å². The van der Waals surface area contributed by atoms with Gasteiger partial charge in [0.2, 0.25) is 0 Å². The molecule has 112 valence electrons. The maximum Gasteiger partial charge on any atom is 0.137 e. The molecule has 0 aromatic heterocycles. The third kappa shape index (κ3) is 6.80. The summed E-state index contributed by atoms with van der Waals surface area (Å²) in [6.45, 7) is 2.93. The van der Waals surface area contributed by atoms with Crippen LogP contribution in [0.2, 0.25) is 5.02 Å². The van der Waals surface area contributed by atoms with Gasteiger partial charge in [-0.2, -0.15) is 0 Å². The summed E-state index contributed by atoms with van der Waals surface area (Å²) in [6, 6.07) is 5.34. The molecule has 0 saturated heterocycles. The highest BCUT2D eigenvalue weighted by atomic mass is 35.5. The van der Waals surface area contributed by atoms with E-state index in [4.69, 9.17) is 21.5 Å². The number of benzene rings is 1. The van der Waals surface area contributed by atoms with Gasteiger partial charge in [-0.3, -0.25) is 0 Å². The van der Waals surface area contributed by atoms with Crippen LogP contribution in [-0.2, 0) is 0 Å². The molecule has 0 saturated carbocycles. The highest BCUT2D eigenvalue weighted by molar-refractivity contribution is 6.32. The number of halogens is 1. The number of ether oxygens (including phenoxy) is 1. The summed E-state index contributed by atoms with van der Waals surface area (Å²) in [4.78, 5) is 0. The van der Waals surface area contributed by atoms with Gasteiger partial charge in [0.1, 0.15) is 5.75 Å². The Kier molecular flexibility index (Phi) is 8.88. The van der Waals surface area contributed by atoms with Crippen molar-refractivity contribution >= 4 is 17.8 Å². The van der Waals surface area contributed by atoms with Crippen molar-refractivity contribution in [2.24, 2.45) is 5.16 Å². The molecule has 4 heteroatoms. The van der Waals surface area contributed by atoms with E-state index < -0.39 is 0 Å². The summed E-state index contributed by atoms with van der Waals surface area (Å²) in [5.74, 6) is 0.688. The number of oxime groups is 1. The third-order valence-electron chi connectivity index (χ3n) is 3.17. The first-order chi connectivity index (χ1) is 9.77. The summed E-state index contributed by atoms with van der Waals surface area (Å²) < 4.78 is 5.66. The summed E-state index contributed by atoms with van der Waals surface area (Å²) in [6.07, 6.45) is 10.2. The van der Waals surface area contributed by atoms with Crippen molar-refractivity contribution in [2.45, 2.75) is 51.9 Å². The van der Waals surface area contributed by atoms with Crippen LogP contribution in [0.4, 0.5) is 0 Å². The topological polar surface area (TPSA) is 41.8 Å². The zero-order valence-corrected chi connectivity index (χ0v) is 12.9. The first-order valence-electron chi connectivity index (χ1n) is 7.37. The zero-order valence-electron chi connectivity index (χ0n) is 12.1. The van der Waals surface area contributed by atoms with Gasteiger partial charge in [0.15, 0.2) is 0 Å². The van der Waals surface area contributed by atoms with Crippen LogP contribution in [0.1, 0.15) is 57.4 Å². The minimum absolute atomic E-state index is 0.547. The molecule has 0 unspecified atom stereocenters. The lowest BCUT2D eigenvalue weighted by Crippen LogP contribution is -1.98. The van der Waals surface area contributed by atoms with Crippen molar-refractivity contribution in [3.8, 4) is 5.75 Å². The van der Waals surface area contributed by atoms with E-state index in [0.717, 1.165) is 12.0 Å². The third-order valence-corrected chi connectivity index (χ3v) is 3.46. The van der Waals surface area contributed by atoms with Crippen molar-refractivity contribution in [1.29, 1.82) is 0 Å². The Bertz CT molecular complexity index is 407. The van der Waals surface area contributed by atoms with E-state index in [2.05, 4.69) is 12.1 Å². The van der Waals surface area contributed by atoms with Crippen molar-refractivity contribution in [1.82, 2.24) is 0 Å². The average molecular weight is 298 g/mol. The highest BCUT2D eigenvalue weighted by Crippen LogP contribution is 2.25. The molecule has 0 fully saturated rings. The van der Waals surface area contributed by atoms with Crippen molar-refractivity contribution in [3.63, 3.8) is 0 Å². The van der Waals surface area contributed by atoms with Gasteiger partial charge in [-0.05, 0) is 30.2 Å². The lowest BCUT2D eigenvalue weighted by atomic mass is 10.1. The minimum Gasteiger partial charge on any atom is -0.492 e. The Labute approximate surface area is 126 Å². The van der Waals surface area contributed by atoms with Gasteiger partial charge in [-0.25, -0.2) is 0 Å². The Morgan fingerprint density at radius 1 is 1.15 bits per heavy atom. The van der Waals surface area contributed by atoms with E-state index in [0.29, 0.717) is 17.4 Å². The van der Waals surface area contributed by atoms with Crippen molar-refractivity contribution in [3.05, 3.63) is 28.8 Å². The first kappa shape index (κ1) is 16.8. The smallest absolute Gasteiger partial charge is 0.137 e. The quantitative estimate of drug-likeness (QED) is 0.276. The van der Waals surface area contributed by atoms with E-state index in [-0.39, 0.29) is 0 Å². The largest absolute Gasteiger partial charge is 0.492 e. The summed E-state index contributed by atoms with van der Waals surface area (Å²) in [7, 11) is 0. The molecule has 0 spiro atoms. The van der Waals surface area contributed by atoms with Crippen LogP contribution >= 0.6 is 11.6 Å². The van der Waals surface area contributed by atoms with Gasteiger partial charge in [0.05, 0.1) is 17.8 Å². The second-order valence-electron chi connectivity index (χ2n) is 4.90. The molecule has 0 radical (unpaired) electrons. The predicted molar refractivity (Wildman–Crippen MR) is 84.3 cm³/mol. The number of nitrogens with zero attached hydrogens (tertiary/aromatic N) is 1. The molecule has 20 heavy (non-hydrogen) atoms. The molecule has 0 aliphatic carbocycles. The summed E-state index contributed by atoms with van der Waals surface area (Å²) >= 11 is 6.09. The van der Waals surface area contributed by atoms with Crippen LogP contribution in [-0.4, -0.2) is 18.0 Å². The van der Waals surface area contributed by atoms with E-state index >= 15 is 0 Å². The molecule has 0 aliphatic rings. The Morgan fingerprint density at radius 3 is 2.50 bits per heavy atom. The SMILES string of the molecule is CCCCCCCCCOc1ccc(/C=N\O)cc1Cl. The monoisotopic (exact) mass is 297 g/mol. The molecule has 0 heterocycles. The predicted octanol–water partition coefficient (Wildman–Crippen LogP) is 5.28. The van der Waals surface area contributed by atoms with Crippen molar-refractivity contribution < 1.29 is 9.94 Å². The molecule has 1 aromatic carbocycles. The van der Waals surface area contributed by atoms with Gasteiger partial charge < -0.3 is 9.94 Å². The van der Waals surface area contributed by atoms with Gasteiger partial charge in [-0.15, -0.1) is 0 Å². The second-order valence-corrected chi connectivity index (χ2v) is 5.31. The molecular formula is C16H24ClNO2. The zero-order chi connectivity index (χ0) is 14.6. The molecule has 0 aliphatic heterocycles. The number of rotatable bonds is 10. The normalized spacial score (nSPS) is 11.1. The molecular weight excluding hydrogens is 274 g/mol. The van der Waals surface area contributed by atoms with Gasteiger partial charge in [0.25, 0.3) is 0 Å². The molecule has 0 atom stereocenters. The van der Waals surface area contributed by atoms with Crippen molar-refractivity contribution in [2.75, 3.05) is 6.61 Å². The Hall–Kier alpha value is -1.22. The van der Waals surface area contributed by atoms with Crippen LogP contribution in [0.15, 0.2) is 23.4 Å².